The van der Waals surface area contributed by atoms with Gasteiger partial charge in [-0.3, -0.25) is 4.79 Å². The van der Waals surface area contributed by atoms with E-state index in [9.17, 15) is 4.79 Å². The molecule has 3 rings (SSSR count). The lowest BCUT2D eigenvalue weighted by atomic mass is 10.2. The van der Waals surface area contributed by atoms with E-state index in [1.807, 2.05) is 54.6 Å². The van der Waals surface area contributed by atoms with Crippen LogP contribution in [0.3, 0.4) is 0 Å². The molecule has 0 unspecified atom stereocenters. The number of carbonyl (C=O) groups excluding carboxylic acids is 1. The number of amides is 1. The molecule has 2 aromatic carbocycles. The highest BCUT2D eigenvalue weighted by molar-refractivity contribution is 8.26. The maximum Gasteiger partial charge on any atom is 0.263 e. The van der Waals surface area contributed by atoms with Crippen LogP contribution >= 0.6 is 47.3 Å². The molecule has 1 aliphatic rings. The smallest absolute Gasteiger partial charge is 0.263 e. The van der Waals surface area contributed by atoms with E-state index in [-0.39, 0.29) is 5.91 Å². The van der Waals surface area contributed by atoms with Gasteiger partial charge in [-0.2, -0.15) is 0 Å². The summed E-state index contributed by atoms with van der Waals surface area (Å²) in [6.45, 7) is 0.590. The fourth-order valence-electron chi connectivity index (χ4n) is 2.12. The molecule has 1 heterocycles. The van der Waals surface area contributed by atoms with Crippen molar-refractivity contribution in [3.8, 4) is 5.75 Å². The number of rotatable bonds is 6. The first-order chi connectivity index (χ1) is 12.1. The van der Waals surface area contributed by atoms with E-state index in [0.29, 0.717) is 15.8 Å². The minimum atomic E-state index is -0.152. The van der Waals surface area contributed by atoms with E-state index in [2.05, 4.69) is 5.32 Å². The van der Waals surface area contributed by atoms with Gasteiger partial charge in [-0.15, -0.1) is 11.8 Å². The Morgan fingerprint density at radius 3 is 2.76 bits per heavy atom. The van der Waals surface area contributed by atoms with Crippen molar-refractivity contribution >= 4 is 63.6 Å². The summed E-state index contributed by atoms with van der Waals surface area (Å²) >= 11 is 13.8. The second kappa shape index (κ2) is 8.76. The molecule has 1 saturated heterocycles. The van der Waals surface area contributed by atoms with E-state index >= 15 is 0 Å². The summed E-state index contributed by atoms with van der Waals surface area (Å²) in [6.07, 6.45) is 1.81. The summed E-state index contributed by atoms with van der Waals surface area (Å²) < 4.78 is 6.28. The van der Waals surface area contributed by atoms with Crippen LogP contribution in [0.2, 0.25) is 5.02 Å². The van der Waals surface area contributed by atoms with E-state index in [1.54, 1.807) is 11.8 Å². The number of carbonyl (C=O) groups is 1. The van der Waals surface area contributed by atoms with Crippen LogP contribution in [-0.4, -0.2) is 22.6 Å². The third-order valence-corrected chi connectivity index (χ3v) is 5.62. The average molecular weight is 408 g/mol. The summed E-state index contributed by atoms with van der Waals surface area (Å²) in [4.78, 5) is 13.5. The van der Waals surface area contributed by atoms with Crippen LogP contribution in [0.15, 0.2) is 58.3 Å². The van der Waals surface area contributed by atoms with Gasteiger partial charge in [-0.1, -0.05) is 47.7 Å². The third kappa shape index (κ3) is 5.51. The summed E-state index contributed by atoms with van der Waals surface area (Å²) in [7, 11) is 0. The highest BCUT2D eigenvalue weighted by Gasteiger charge is 2.21. The Labute approximate surface area is 165 Å². The van der Waals surface area contributed by atoms with Gasteiger partial charge < -0.3 is 10.1 Å². The Balaban J connectivity index is 1.53. The van der Waals surface area contributed by atoms with E-state index in [0.717, 1.165) is 27.0 Å². The first-order valence-electron chi connectivity index (χ1n) is 7.46. The standard InChI is InChI=1S/C18H14ClNO2S3/c19-13-4-6-15(7-5-13)24-9-8-22-14-3-1-2-12(10-14)11-16-17(21)20-18(23)25-16/h1-7,10-11H,8-9H2,(H,20,21,23). The lowest BCUT2D eigenvalue weighted by Crippen LogP contribution is -2.17. The molecule has 1 aliphatic heterocycles. The maximum atomic E-state index is 11.7. The van der Waals surface area contributed by atoms with Crippen LogP contribution in [0.4, 0.5) is 0 Å². The molecule has 0 aliphatic carbocycles. The second-order valence-corrected chi connectivity index (χ2v) is 8.40. The van der Waals surface area contributed by atoms with Crippen LogP contribution in [0, 0.1) is 0 Å². The molecule has 3 nitrogen and oxygen atoms in total. The molecule has 0 bridgehead atoms. The minimum Gasteiger partial charge on any atom is -0.493 e. The van der Waals surface area contributed by atoms with Gasteiger partial charge in [0.15, 0.2) is 0 Å². The molecule has 1 amide bonds. The number of thiocarbonyl (C=S) groups is 1. The van der Waals surface area contributed by atoms with Crippen molar-refractivity contribution in [2.24, 2.45) is 0 Å². The zero-order chi connectivity index (χ0) is 17.6. The fourth-order valence-corrected chi connectivity index (χ4v) is 4.02. The van der Waals surface area contributed by atoms with Crippen molar-refractivity contribution in [3.05, 3.63) is 64.0 Å². The Morgan fingerprint density at radius 2 is 2.04 bits per heavy atom. The summed E-state index contributed by atoms with van der Waals surface area (Å²) in [5.41, 5.74) is 0.908. The van der Waals surface area contributed by atoms with Crippen molar-refractivity contribution in [1.29, 1.82) is 0 Å². The first kappa shape index (κ1) is 18.3. The van der Waals surface area contributed by atoms with Crippen molar-refractivity contribution in [2.75, 3.05) is 12.4 Å². The molecule has 25 heavy (non-hydrogen) atoms. The molecular formula is C18H14ClNO2S3. The second-order valence-electron chi connectivity index (χ2n) is 5.08. The van der Waals surface area contributed by atoms with Gasteiger partial charge in [0, 0.05) is 15.7 Å². The molecule has 0 saturated carbocycles. The van der Waals surface area contributed by atoms with E-state index in [1.165, 1.54) is 11.8 Å². The Bertz CT molecular complexity index is 821. The van der Waals surface area contributed by atoms with Gasteiger partial charge in [0.25, 0.3) is 5.91 Å². The largest absolute Gasteiger partial charge is 0.493 e. The van der Waals surface area contributed by atoms with Crippen molar-refractivity contribution in [2.45, 2.75) is 4.90 Å². The molecule has 0 atom stereocenters. The quantitative estimate of drug-likeness (QED) is 0.315. The van der Waals surface area contributed by atoms with Crippen LogP contribution < -0.4 is 10.1 Å². The summed E-state index contributed by atoms with van der Waals surface area (Å²) in [6, 6.07) is 15.4. The van der Waals surface area contributed by atoms with Gasteiger partial charge in [-0.05, 0) is 48.0 Å². The molecule has 0 spiro atoms. The highest BCUT2D eigenvalue weighted by Crippen LogP contribution is 2.27. The van der Waals surface area contributed by atoms with Crippen molar-refractivity contribution in [1.82, 2.24) is 5.32 Å². The van der Waals surface area contributed by atoms with Gasteiger partial charge in [0.05, 0.1) is 11.5 Å². The fraction of sp³-hybridized carbons (Fsp3) is 0.111. The van der Waals surface area contributed by atoms with Crippen LogP contribution in [-0.2, 0) is 4.79 Å². The van der Waals surface area contributed by atoms with Gasteiger partial charge in [0.2, 0.25) is 0 Å². The molecule has 1 fully saturated rings. The molecule has 128 valence electrons. The monoisotopic (exact) mass is 407 g/mol. The topological polar surface area (TPSA) is 38.3 Å². The van der Waals surface area contributed by atoms with Crippen LogP contribution in [0.5, 0.6) is 5.75 Å². The molecular weight excluding hydrogens is 394 g/mol. The highest BCUT2D eigenvalue weighted by atomic mass is 35.5. The normalized spacial score (nSPS) is 15.5. The summed E-state index contributed by atoms with van der Waals surface area (Å²) in [5.74, 6) is 1.46. The molecule has 7 heteroatoms. The number of benzene rings is 2. The number of ether oxygens (including phenoxy) is 1. The number of hydrogen-bond donors (Lipinski definition) is 1. The predicted octanol–water partition coefficient (Wildman–Crippen LogP) is 5.00. The average Bonchev–Trinajstić information content (AvgIpc) is 2.91. The zero-order valence-corrected chi connectivity index (χ0v) is 16.2. The lowest BCUT2D eigenvalue weighted by Gasteiger charge is -2.07. The zero-order valence-electron chi connectivity index (χ0n) is 13.0. The predicted molar refractivity (Wildman–Crippen MR) is 110 cm³/mol. The van der Waals surface area contributed by atoms with E-state index in [4.69, 9.17) is 28.6 Å². The lowest BCUT2D eigenvalue weighted by molar-refractivity contribution is -0.115. The molecule has 1 N–H and O–H groups in total. The van der Waals surface area contributed by atoms with Crippen LogP contribution in [0.1, 0.15) is 5.56 Å². The number of thioether (sulfide) groups is 2. The SMILES string of the molecule is O=C1NC(=S)SC1=Cc1cccc(OCCSc2ccc(Cl)cc2)c1. The van der Waals surface area contributed by atoms with Crippen molar-refractivity contribution in [3.63, 3.8) is 0 Å². The van der Waals surface area contributed by atoms with Gasteiger partial charge in [-0.25, -0.2) is 0 Å². The third-order valence-electron chi connectivity index (χ3n) is 3.23. The molecule has 2 aromatic rings. The number of nitrogens with one attached hydrogen (secondary N) is 1. The van der Waals surface area contributed by atoms with Gasteiger partial charge in [0.1, 0.15) is 10.1 Å². The van der Waals surface area contributed by atoms with E-state index < -0.39 is 0 Å². The maximum absolute atomic E-state index is 11.7. The minimum absolute atomic E-state index is 0.152. The Hall–Kier alpha value is -1.47. The van der Waals surface area contributed by atoms with Gasteiger partial charge >= 0.3 is 0 Å². The Morgan fingerprint density at radius 1 is 1.24 bits per heavy atom. The molecule has 0 radical (unpaired) electrons. The molecule has 0 aromatic heterocycles. The van der Waals surface area contributed by atoms with Crippen molar-refractivity contribution < 1.29 is 9.53 Å². The Kier molecular flexibility index (Phi) is 6.42. The van der Waals surface area contributed by atoms with Crippen LogP contribution in [0.25, 0.3) is 6.08 Å². The number of halogens is 1. The number of hydrogen-bond acceptors (Lipinski definition) is 5. The first-order valence-corrected chi connectivity index (χ1v) is 10.0. The summed E-state index contributed by atoms with van der Waals surface area (Å²) in [5, 5.41) is 3.34.